The molecular formula is C21H24O5. The third kappa shape index (κ3) is 4.85. The summed E-state index contributed by atoms with van der Waals surface area (Å²) in [4.78, 5) is 24.9. The maximum Gasteiger partial charge on any atom is 0.338 e. The number of hydrogen-bond donors (Lipinski definition) is 1. The van der Waals surface area contributed by atoms with Crippen molar-refractivity contribution in [3.8, 4) is 16.9 Å². The molecule has 0 saturated carbocycles. The zero-order valence-corrected chi connectivity index (χ0v) is 15.3. The summed E-state index contributed by atoms with van der Waals surface area (Å²) in [7, 11) is 0. The number of rotatable bonds is 7. The molecule has 0 saturated heterocycles. The SMILES string of the molecule is CCCOC(=O)c1ccccc1-c1cc(O)ccc1C(=O)OCC(C)C. The minimum Gasteiger partial charge on any atom is -0.508 e. The van der Waals surface area contributed by atoms with Crippen molar-refractivity contribution in [2.75, 3.05) is 13.2 Å². The van der Waals surface area contributed by atoms with Gasteiger partial charge in [0.15, 0.2) is 0 Å². The number of carbonyl (C=O) groups excluding carboxylic acids is 2. The summed E-state index contributed by atoms with van der Waals surface area (Å²) in [6, 6.07) is 11.2. The van der Waals surface area contributed by atoms with Crippen LogP contribution >= 0.6 is 0 Å². The number of carbonyl (C=O) groups is 2. The van der Waals surface area contributed by atoms with Crippen LogP contribution in [0.2, 0.25) is 0 Å². The maximum absolute atomic E-state index is 12.5. The highest BCUT2D eigenvalue weighted by atomic mass is 16.5. The third-order valence-electron chi connectivity index (χ3n) is 3.65. The molecule has 0 unspecified atom stereocenters. The highest BCUT2D eigenvalue weighted by Gasteiger charge is 2.20. The van der Waals surface area contributed by atoms with Gasteiger partial charge < -0.3 is 14.6 Å². The number of hydrogen-bond acceptors (Lipinski definition) is 5. The lowest BCUT2D eigenvalue weighted by atomic mass is 9.95. The molecule has 0 atom stereocenters. The molecule has 5 heteroatoms. The Labute approximate surface area is 153 Å². The van der Waals surface area contributed by atoms with Crippen molar-refractivity contribution < 1.29 is 24.2 Å². The van der Waals surface area contributed by atoms with E-state index in [0.717, 1.165) is 0 Å². The van der Waals surface area contributed by atoms with Gasteiger partial charge in [-0.05, 0) is 42.2 Å². The first-order valence-corrected chi connectivity index (χ1v) is 8.70. The molecule has 138 valence electrons. The molecule has 0 aliphatic rings. The van der Waals surface area contributed by atoms with Gasteiger partial charge in [-0.2, -0.15) is 0 Å². The molecule has 0 spiro atoms. The fourth-order valence-electron chi connectivity index (χ4n) is 2.42. The summed E-state index contributed by atoms with van der Waals surface area (Å²) in [6.07, 6.45) is 0.715. The summed E-state index contributed by atoms with van der Waals surface area (Å²) >= 11 is 0. The van der Waals surface area contributed by atoms with Crippen LogP contribution in [-0.2, 0) is 9.47 Å². The van der Waals surface area contributed by atoms with E-state index in [0.29, 0.717) is 41.9 Å². The van der Waals surface area contributed by atoms with Gasteiger partial charge in [-0.3, -0.25) is 0 Å². The van der Waals surface area contributed by atoms with Crippen LogP contribution < -0.4 is 0 Å². The molecule has 0 heterocycles. The first-order chi connectivity index (χ1) is 12.4. The van der Waals surface area contributed by atoms with E-state index >= 15 is 0 Å². The Hall–Kier alpha value is -2.82. The minimum atomic E-state index is -0.495. The Morgan fingerprint density at radius 2 is 1.62 bits per heavy atom. The van der Waals surface area contributed by atoms with Crippen LogP contribution in [0.25, 0.3) is 11.1 Å². The molecule has 2 aromatic rings. The van der Waals surface area contributed by atoms with E-state index < -0.39 is 11.9 Å². The van der Waals surface area contributed by atoms with E-state index in [2.05, 4.69) is 0 Å². The Morgan fingerprint density at radius 3 is 2.31 bits per heavy atom. The smallest absolute Gasteiger partial charge is 0.338 e. The predicted octanol–water partition coefficient (Wildman–Crippen LogP) is 4.44. The van der Waals surface area contributed by atoms with Gasteiger partial charge in [0.05, 0.1) is 24.3 Å². The topological polar surface area (TPSA) is 72.8 Å². The van der Waals surface area contributed by atoms with Gasteiger partial charge >= 0.3 is 11.9 Å². The first-order valence-electron chi connectivity index (χ1n) is 8.70. The zero-order chi connectivity index (χ0) is 19.1. The molecule has 1 N–H and O–H groups in total. The number of aromatic hydroxyl groups is 1. The lowest BCUT2D eigenvalue weighted by Crippen LogP contribution is -2.12. The molecule has 0 radical (unpaired) electrons. The second-order valence-corrected chi connectivity index (χ2v) is 6.40. The van der Waals surface area contributed by atoms with Gasteiger partial charge in [0.1, 0.15) is 5.75 Å². The van der Waals surface area contributed by atoms with E-state index in [-0.39, 0.29) is 11.7 Å². The van der Waals surface area contributed by atoms with E-state index in [9.17, 15) is 14.7 Å². The van der Waals surface area contributed by atoms with Gasteiger partial charge in [-0.15, -0.1) is 0 Å². The molecule has 2 rings (SSSR count). The lowest BCUT2D eigenvalue weighted by Gasteiger charge is -2.14. The van der Waals surface area contributed by atoms with Crippen molar-refractivity contribution in [3.05, 3.63) is 53.6 Å². The summed E-state index contributed by atoms with van der Waals surface area (Å²) in [5, 5.41) is 9.90. The average molecular weight is 356 g/mol. The van der Waals surface area contributed by atoms with Crippen molar-refractivity contribution >= 4 is 11.9 Å². The Balaban J connectivity index is 2.47. The molecule has 5 nitrogen and oxygen atoms in total. The fraction of sp³-hybridized carbons (Fsp3) is 0.333. The van der Waals surface area contributed by atoms with Crippen molar-refractivity contribution in [1.82, 2.24) is 0 Å². The predicted molar refractivity (Wildman–Crippen MR) is 99.2 cm³/mol. The summed E-state index contributed by atoms with van der Waals surface area (Å²) in [5.41, 5.74) is 1.58. The summed E-state index contributed by atoms with van der Waals surface area (Å²) < 4.78 is 10.6. The van der Waals surface area contributed by atoms with Crippen LogP contribution in [0.15, 0.2) is 42.5 Å². The van der Waals surface area contributed by atoms with E-state index in [1.807, 2.05) is 20.8 Å². The van der Waals surface area contributed by atoms with E-state index in [4.69, 9.17) is 9.47 Å². The quantitative estimate of drug-likeness (QED) is 0.743. The van der Waals surface area contributed by atoms with Crippen LogP contribution in [0.1, 0.15) is 47.9 Å². The van der Waals surface area contributed by atoms with Gasteiger partial charge in [0.2, 0.25) is 0 Å². The average Bonchev–Trinajstić information content (AvgIpc) is 2.64. The largest absolute Gasteiger partial charge is 0.508 e. The lowest BCUT2D eigenvalue weighted by molar-refractivity contribution is 0.0457. The highest BCUT2D eigenvalue weighted by molar-refractivity contribution is 6.03. The number of benzene rings is 2. The molecule has 2 aromatic carbocycles. The second kappa shape index (κ2) is 9.04. The second-order valence-electron chi connectivity index (χ2n) is 6.40. The molecular weight excluding hydrogens is 332 g/mol. The van der Waals surface area contributed by atoms with Crippen LogP contribution in [0.3, 0.4) is 0 Å². The fourth-order valence-corrected chi connectivity index (χ4v) is 2.42. The van der Waals surface area contributed by atoms with Crippen LogP contribution in [-0.4, -0.2) is 30.3 Å². The maximum atomic E-state index is 12.5. The zero-order valence-electron chi connectivity index (χ0n) is 15.3. The van der Waals surface area contributed by atoms with Gasteiger partial charge in [-0.25, -0.2) is 9.59 Å². The van der Waals surface area contributed by atoms with Crippen molar-refractivity contribution in [2.24, 2.45) is 5.92 Å². The van der Waals surface area contributed by atoms with Crippen LogP contribution in [0, 0.1) is 5.92 Å². The van der Waals surface area contributed by atoms with Crippen LogP contribution in [0.5, 0.6) is 5.75 Å². The van der Waals surface area contributed by atoms with Crippen LogP contribution in [0.4, 0.5) is 0 Å². The number of phenols is 1. The number of esters is 2. The van der Waals surface area contributed by atoms with E-state index in [1.165, 1.54) is 18.2 Å². The molecule has 0 aliphatic heterocycles. The highest BCUT2D eigenvalue weighted by Crippen LogP contribution is 2.31. The monoisotopic (exact) mass is 356 g/mol. The third-order valence-corrected chi connectivity index (χ3v) is 3.65. The minimum absolute atomic E-state index is 0.00265. The molecule has 0 fully saturated rings. The molecule has 0 aliphatic carbocycles. The van der Waals surface area contributed by atoms with Gasteiger partial charge in [0, 0.05) is 5.56 Å². The standard InChI is InChI=1S/C21H24O5/c1-4-11-25-20(23)17-8-6-5-7-16(17)19-12-15(22)9-10-18(19)21(24)26-13-14(2)3/h5-10,12,14,22H,4,11,13H2,1-3H3. The normalized spacial score (nSPS) is 10.6. The Kier molecular flexibility index (Phi) is 6.78. The Morgan fingerprint density at radius 1 is 0.962 bits per heavy atom. The molecule has 26 heavy (non-hydrogen) atoms. The summed E-state index contributed by atoms with van der Waals surface area (Å²) in [6.45, 7) is 6.42. The van der Waals surface area contributed by atoms with E-state index in [1.54, 1.807) is 24.3 Å². The van der Waals surface area contributed by atoms with Crippen molar-refractivity contribution in [2.45, 2.75) is 27.2 Å². The summed E-state index contributed by atoms with van der Waals surface area (Å²) in [5.74, 6) is -0.759. The first kappa shape index (κ1) is 19.5. The Bertz CT molecular complexity index is 780. The molecule has 0 bridgehead atoms. The van der Waals surface area contributed by atoms with Gasteiger partial charge in [-0.1, -0.05) is 39.0 Å². The van der Waals surface area contributed by atoms with Gasteiger partial charge in [0.25, 0.3) is 0 Å². The van der Waals surface area contributed by atoms with Crippen molar-refractivity contribution in [3.63, 3.8) is 0 Å². The molecule has 0 amide bonds. The number of ether oxygens (including phenoxy) is 2. The van der Waals surface area contributed by atoms with Crippen molar-refractivity contribution in [1.29, 1.82) is 0 Å². The number of phenolic OH excluding ortho intramolecular Hbond substituents is 1. The molecule has 0 aromatic heterocycles.